The number of fused-ring (bicyclic) bond motifs is 1. The molecule has 1 unspecified atom stereocenters. The molecule has 22 heavy (non-hydrogen) atoms. The SMILES string of the molecule is CC(=O)SCC1CC(=O)N(c2ncnc3ccc(Br)cc23)C1. The number of hydrogen-bond donors (Lipinski definition) is 0. The molecule has 1 fully saturated rings. The van der Waals surface area contributed by atoms with Gasteiger partial charge in [-0.15, -0.1) is 0 Å². The van der Waals surface area contributed by atoms with Gasteiger partial charge in [-0.2, -0.15) is 0 Å². The van der Waals surface area contributed by atoms with Crippen molar-refractivity contribution in [2.75, 3.05) is 17.2 Å². The summed E-state index contributed by atoms with van der Waals surface area (Å²) in [4.78, 5) is 33.7. The van der Waals surface area contributed by atoms with Crippen LogP contribution in [0.1, 0.15) is 13.3 Å². The second-order valence-corrected chi connectivity index (χ2v) is 7.35. The Morgan fingerprint density at radius 2 is 2.27 bits per heavy atom. The molecule has 1 saturated heterocycles. The molecule has 0 N–H and O–H groups in total. The summed E-state index contributed by atoms with van der Waals surface area (Å²) >= 11 is 4.72. The van der Waals surface area contributed by atoms with Crippen molar-refractivity contribution in [3.8, 4) is 0 Å². The molecular formula is C15H14BrN3O2S. The topological polar surface area (TPSA) is 63.2 Å². The summed E-state index contributed by atoms with van der Waals surface area (Å²) in [5.74, 6) is 1.55. The van der Waals surface area contributed by atoms with Crippen molar-refractivity contribution < 1.29 is 9.59 Å². The van der Waals surface area contributed by atoms with Crippen LogP contribution in [0.2, 0.25) is 0 Å². The highest BCUT2D eigenvalue weighted by Crippen LogP contribution is 2.31. The van der Waals surface area contributed by atoms with E-state index >= 15 is 0 Å². The minimum Gasteiger partial charge on any atom is -0.296 e. The highest BCUT2D eigenvalue weighted by Gasteiger charge is 2.32. The average Bonchev–Trinajstić information content (AvgIpc) is 2.85. The van der Waals surface area contributed by atoms with E-state index in [0.717, 1.165) is 15.4 Å². The van der Waals surface area contributed by atoms with Gasteiger partial charge in [0.15, 0.2) is 5.12 Å². The second-order valence-electron chi connectivity index (χ2n) is 5.24. The number of nitrogens with zero attached hydrogens (tertiary/aromatic N) is 3. The van der Waals surface area contributed by atoms with Crippen LogP contribution in [0.5, 0.6) is 0 Å². The number of aromatic nitrogens is 2. The first-order chi connectivity index (χ1) is 10.5. The van der Waals surface area contributed by atoms with Gasteiger partial charge in [0.2, 0.25) is 5.91 Å². The van der Waals surface area contributed by atoms with Gasteiger partial charge in [-0.25, -0.2) is 9.97 Å². The first kappa shape index (κ1) is 15.4. The molecule has 1 atom stereocenters. The predicted octanol–water partition coefficient (Wildman–Crippen LogP) is 3.02. The van der Waals surface area contributed by atoms with Crippen LogP contribution in [0, 0.1) is 5.92 Å². The number of rotatable bonds is 3. The molecule has 5 nitrogen and oxygen atoms in total. The maximum atomic E-state index is 12.3. The third-order valence-electron chi connectivity index (χ3n) is 3.56. The smallest absolute Gasteiger partial charge is 0.228 e. The number of benzene rings is 1. The van der Waals surface area contributed by atoms with E-state index in [-0.39, 0.29) is 16.9 Å². The Hall–Kier alpha value is -1.47. The molecule has 1 aliphatic heterocycles. The van der Waals surface area contributed by atoms with Gasteiger partial charge in [-0.1, -0.05) is 27.7 Å². The molecule has 114 valence electrons. The highest BCUT2D eigenvalue weighted by atomic mass is 79.9. The van der Waals surface area contributed by atoms with E-state index in [9.17, 15) is 9.59 Å². The fourth-order valence-corrected chi connectivity index (χ4v) is 3.62. The molecule has 0 bridgehead atoms. The lowest BCUT2D eigenvalue weighted by Gasteiger charge is -2.17. The Morgan fingerprint density at radius 3 is 3.05 bits per heavy atom. The molecule has 0 radical (unpaired) electrons. The lowest BCUT2D eigenvalue weighted by Crippen LogP contribution is -2.26. The fourth-order valence-electron chi connectivity index (χ4n) is 2.56. The zero-order valence-corrected chi connectivity index (χ0v) is 14.4. The highest BCUT2D eigenvalue weighted by molar-refractivity contribution is 9.10. The molecular weight excluding hydrogens is 366 g/mol. The van der Waals surface area contributed by atoms with Gasteiger partial charge < -0.3 is 0 Å². The lowest BCUT2D eigenvalue weighted by atomic mass is 10.1. The minimum atomic E-state index is 0.0501. The molecule has 0 aliphatic carbocycles. The maximum Gasteiger partial charge on any atom is 0.228 e. The van der Waals surface area contributed by atoms with Gasteiger partial charge in [0.05, 0.1) is 5.52 Å². The third-order valence-corrected chi connectivity index (χ3v) is 5.10. The van der Waals surface area contributed by atoms with Crippen LogP contribution in [0.25, 0.3) is 10.9 Å². The molecule has 0 saturated carbocycles. The number of amides is 1. The van der Waals surface area contributed by atoms with Crippen LogP contribution in [-0.2, 0) is 9.59 Å². The summed E-state index contributed by atoms with van der Waals surface area (Å²) in [5.41, 5.74) is 0.808. The summed E-state index contributed by atoms with van der Waals surface area (Å²) in [6.45, 7) is 2.15. The van der Waals surface area contributed by atoms with E-state index in [2.05, 4.69) is 25.9 Å². The van der Waals surface area contributed by atoms with Crippen LogP contribution in [-0.4, -0.2) is 33.3 Å². The zero-order chi connectivity index (χ0) is 15.7. The first-order valence-corrected chi connectivity index (χ1v) is 8.66. The normalized spacial score (nSPS) is 18.2. The Morgan fingerprint density at radius 1 is 1.45 bits per heavy atom. The van der Waals surface area contributed by atoms with E-state index in [1.807, 2.05) is 18.2 Å². The first-order valence-electron chi connectivity index (χ1n) is 6.88. The Kier molecular flexibility index (Phi) is 4.44. The molecule has 1 amide bonds. The van der Waals surface area contributed by atoms with Gasteiger partial charge >= 0.3 is 0 Å². The fraction of sp³-hybridized carbons (Fsp3) is 0.333. The number of thioether (sulfide) groups is 1. The molecule has 1 aromatic heterocycles. The van der Waals surface area contributed by atoms with E-state index in [0.29, 0.717) is 24.5 Å². The standard InChI is InChI=1S/C15H14BrN3O2S/c1-9(20)22-7-10-4-14(21)19(6-10)15-12-5-11(16)2-3-13(12)17-8-18-15/h2-3,5,8,10H,4,6-7H2,1H3. The summed E-state index contributed by atoms with van der Waals surface area (Å²) < 4.78 is 0.923. The summed E-state index contributed by atoms with van der Waals surface area (Å²) in [7, 11) is 0. The van der Waals surface area contributed by atoms with Crippen LogP contribution >= 0.6 is 27.7 Å². The van der Waals surface area contributed by atoms with Crippen molar-refractivity contribution in [3.63, 3.8) is 0 Å². The summed E-state index contributed by atoms with van der Waals surface area (Å²) in [6, 6.07) is 5.74. The quantitative estimate of drug-likeness (QED) is 0.819. The monoisotopic (exact) mass is 379 g/mol. The molecule has 0 spiro atoms. The molecule has 2 aromatic rings. The number of anilines is 1. The predicted molar refractivity (Wildman–Crippen MR) is 90.8 cm³/mol. The van der Waals surface area contributed by atoms with Gasteiger partial charge in [0.1, 0.15) is 12.1 Å². The van der Waals surface area contributed by atoms with Crippen molar-refractivity contribution in [1.29, 1.82) is 0 Å². The maximum absolute atomic E-state index is 12.3. The Labute approximate surface area is 140 Å². The van der Waals surface area contributed by atoms with Crippen LogP contribution in [0.4, 0.5) is 5.82 Å². The van der Waals surface area contributed by atoms with E-state index in [4.69, 9.17) is 0 Å². The van der Waals surface area contributed by atoms with Crippen LogP contribution < -0.4 is 4.90 Å². The van der Waals surface area contributed by atoms with Crippen molar-refractivity contribution in [3.05, 3.63) is 29.0 Å². The molecule has 7 heteroatoms. The largest absolute Gasteiger partial charge is 0.296 e. The lowest BCUT2D eigenvalue weighted by molar-refractivity contribution is -0.117. The van der Waals surface area contributed by atoms with Gasteiger partial charge in [0, 0.05) is 35.5 Å². The number of halogens is 1. The van der Waals surface area contributed by atoms with Crippen molar-refractivity contribution >= 4 is 55.4 Å². The third kappa shape index (κ3) is 3.15. The minimum absolute atomic E-state index is 0.0501. The number of carbonyl (C=O) groups is 2. The number of hydrogen-bond acceptors (Lipinski definition) is 5. The van der Waals surface area contributed by atoms with Crippen molar-refractivity contribution in [1.82, 2.24) is 9.97 Å². The Bertz CT molecular complexity index is 753. The van der Waals surface area contributed by atoms with E-state index < -0.39 is 0 Å². The summed E-state index contributed by atoms with van der Waals surface area (Å²) in [6.07, 6.45) is 1.94. The molecule has 1 aromatic carbocycles. The van der Waals surface area contributed by atoms with Crippen molar-refractivity contribution in [2.24, 2.45) is 5.92 Å². The average molecular weight is 380 g/mol. The Balaban J connectivity index is 1.89. The van der Waals surface area contributed by atoms with E-state index in [1.165, 1.54) is 18.1 Å². The van der Waals surface area contributed by atoms with Gasteiger partial charge in [-0.05, 0) is 24.1 Å². The van der Waals surface area contributed by atoms with Gasteiger partial charge in [0.25, 0.3) is 0 Å². The van der Waals surface area contributed by atoms with Crippen LogP contribution in [0.15, 0.2) is 29.0 Å². The second kappa shape index (κ2) is 6.34. The van der Waals surface area contributed by atoms with Crippen LogP contribution in [0.3, 0.4) is 0 Å². The van der Waals surface area contributed by atoms with Crippen molar-refractivity contribution in [2.45, 2.75) is 13.3 Å². The molecule has 2 heterocycles. The van der Waals surface area contributed by atoms with Gasteiger partial charge in [-0.3, -0.25) is 14.5 Å². The molecule has 3 rings (SSSR count). The number of carbonyl (C=O) groups excluding carboxylic acids is 2. The van der Waals surface area contributed by atoms with E-state index in [1.54, 1.807) is 11.8 Å². The summed E-state index contributed by atoms with van der Waals surface area (Å²) in [5, 5.41) is 0.937. The zero-order valence-electron chi connectivity index (χ0n) is 12.0. The molecule has 1 aliphatic rings.